The van der Waals surface area contributed by atoms with Gasteiger partial charge in [-0.25, -0.2) is 0 Å². The molecule has 1 amide bonds. The van der Waals surface area contributed by atoms with Crippen LogP contribution in [0.25, 0.3) is 0 Å². The summed E-state index contributed by atoms with van der Waals surface area (Å²) in [5.74, 6) is 0.0777. The summed E-state index contributed by atoms with van der Waals surface area (Å²) in [4.78, 5) is 22.7. The Morgan fingerprint density at radius 3 is 2.38 bits per heavy atom. The van der Waals surface area contributed by atoms with Gasteiger partial charge >= 0.3 is 5.97 Å². The van der Waals surface area contributed by atoms with Gasteiger partial charge in [0.25, 0.3) is 0 Å². The second-order valence-corrected chi connectivity index (χ2v) is 6.48. The van der Waals surface area contributed by atoms with E-state index in [4.69, 9.17) is 10.8 Å². The van der Waals surface area contributed by atoms with Gasteiger partial charge in [-0.15, -0.1) is 0 Å². The summed E-state index contributed by atoms with van der Waals surface area (Å²) in [6, 6.07) is 0. The lowest BCUT2D eigenvalue weighted by atomic mass is 9.70. The monoisotopic (exact) mass is 298 g/mol. The van der Waals surface area contributed by atoms with Crippen molar-refractivity contribution in [3.05, 3.63) is 0 Å². The fourth-order valence-corrected chi connectivity index (χ4v) is 2.98. The van der Waals surface area contributed by atoms with Crippen LogP contribution in [-0.2, 0) is 9.59 Å². The highest BCUT2D eigenvalue weighted by Crippen LogP contribution is 2.38. The maximum Gasteiger partial charge on any atom is 0.303 e. The minimum atomic E-state index is -0.736. The molecule has 0 radical (unpaired) electrons. The third-order valence-electron chi connectivity index (χ3n) is 4.71. The van der Waals surface area contributed by atoms with Gasteiger partial charge in [-0.2, -0.15) is 0 Å². The molecule has 5 nitrogen and oxygen atoms in total. The molecule has 0 spiro atoms. The zero-order chi connectivity index (χ0) is 15.7. The van der Waals surface area contributed by atoms with Crippen molar-refractivity contribution in [2.75, 3.05) is 13.1 Å². The Hall–Kier alpha value is -1.10. The van der Waals surface area contributed by atoms with Crippen molar-refractivity contribution in [1.82, 2.24) is 5.32 Å². The molecule has 0 atom stereocenters. The minimum absolute atomic E-state index is 0.113. The maximum absolute atomic E-state index is 12.4. The number of carbonyl (C=O) groups excluding carboxylic acids is 1. The summed E-state index contributed by atoms with van der Waals surface area (Å²) in [5.41, 5.74) is 5.52. The van der Waals surface area contributed by atoms with E-state index in [-0.39, 0.29) is 17.7 Å². The normalized spacial score (nSPS) is 25.5. The summed E-state index contributed by atoms with van der Waals surface area (Å²) in [7, 11) is 0. The number of rotatable bonds is 9. The number of nitrogens with two attached hydrogens (primary N) is 1. The zero-order valence-electron chi connectivity index (χ0n) is 13.2. The van der Waals surface area contributed by atoms with Crippen molar-refractivity contribution >= 4 is 11.9 Å². The molecule has 0 saturated heterocycles. The zero-order valence-corrected chi connectivity index (χ0v) is 13.2. The second-order valence-electron chi connectivity index (χ2n) is 6.48. The molecule has 0 bridgehead atoms. The van der Waals surface area contributed by atoms with E-state index >= 15 is 0 Å². The molecule has 1 aliphatic rings. The van der Waals surface area contributed by atoms with Crippen molar-refractivity contribution in [1.29, 1.82) is 0 Å². The Morgan fingerprint density at radius 1 is 1.19 bits per heavy atom. The molecule has 5 heteroatoms. The van der Waals surface area contributed by atoms with Gasteiger partial charge in [0.15, 0.2) is 0 Å². The highest BCUT2D eigenvalue weighted by molar-refractivity contribution is 5.83. The van der Waals surface area contributed by atoms with Crippen molar-refractivity contribution in [2.24, 2.45) is 17.1 Å². The Kier molecular flexibility index (Phi) is 7.72. The highest BCUT2D eigenvalue weighted by atomic mass is 16.4. The van der Waals surface area contributed by atoms with Crippen LogP contribution in [0.3, 0.4) is 0 Å². The number of aliphatic carboxylic acids is 1. The summed E-state index contributed by atoms with van der Waals surface area (Å²) >= 11 is 0. The topological polar surface area (TPSA) is 92.4 Å². The molecule has 1 saturated carbocycles. The van der Waals surface area contributed by atoms with E-state index in [9.17, 15) is 9.59 Å². The molecule has 1 rings (SSSR count). The number of unbranched alkanes of at least 4 members (excludes halogenated alkanes) is 3. The average molecular weight is 298 g/mol. The maximum atomic E-state index is 12.4. The van der Waals surface area contributed by atoms with Crippen LogP contribution in [0.5, 0.6) is 0 Å². The Labute approximate surface area is 127 Å². The van der Waals surface area contributed by atoms with Gasteiger partial charge in [-0.3, -0.25) is 9.59 Å². The van der Waals surface area contributed by atoms with E-state index < -0.39 is 5.97 Å². The molecule has 21 heavy (non-hydrogen) atoms. The van der Waals surface area contributed by atoms with Gasteiger partial charge in [0, 0.05) is 19.5 Å². The Balaban J connectivity index is 2.18. The quantitative estimate of drug-likeness (QED) is 0.569. The molecule has 0 unspecified atom stereocenters. The van der Waals surface area contributed by atoms with Crippen LogP contribution < -0.4 is 11.1 Å². The lowest BCUT2D eigenvalue weighted by Crippen LogP contribution is -2.48. The van der Waals surface area contributed by atoms with E-state index in [0.29, 0.717) is 25.4 Å². The smallest absolute Gasteiger partial charge is 0.303 e. The van der Waals surface area contributed by atoms with Gasteiger partial charge in [0.2, 0.25) is 5.91 Å². The molecule has 0 heterocycles. The molecule has 122 valence electrons. The van der Waals surface area contributed by atoms with Crippen molar-refractivity contribution in [3.8, 4) is 0 Å². The predicted octanol–water partition coefficient (Wildman–Crippen LogP) is 2.29. The van der Waals surface area contributed by atoms with Crippen LogP contribution >= 0.6 is 0 Å². The van der Waals surface area contributed by atoms with Crippen LogP contribution in [0.4, 0.5) is 0 Å². The van der Waals surface area contributed by atoms with Gasteiger partial charge in [0.1, 0.15) is 0 Å². The molecule has 4 N–H and O–H groups in total. The first-order valence-electron chi connectivity index (χ1n) is 8.20. The number of carboxylic acid groups (broad SMARTS) is 1. The molecular weight excluding hydrogens is 268 g/mol. The van der Waals surface area contributed by atoms with Crippen LogP contribution in [0.15, 0.2) is 0 Å². The van der Waals surface area contributed by atoms with Crippen molar-refractivity contribution in [3.63, 3.8) is 0 Å². The Morgan fingerprint density at radius 2 is 1.81 bits per heavy atom. The molecule has 0 aromatic heterocycles. The summed E-state index contributed by atoms with van der Waals surface area (Å²) in [6.07, 6.45) is 7.68. The van der Waals surface area contributed by atoms with Gasteiger partial charge in [-0.05, 0) is 44.4 Å². The van der Waals surface area contributed by atoms with Crippen LogP contribution in [0.1, 0.15) is 64.7 Å². The number of nitrogens with one attached hydrogen (secondary N) is 1. The fourth-order valence-electron chi connectivity index (χ4n) is 2.98. The number of carboxylic acids is 1. The number of hydrogen-bond acceptors (Lipinski definition) is 3. The first-order chi connectivity index (χ1) is 10.00. The van der Waals surface area contributed by atoms with E-state index in [1.165, 1.54) is 0 Å². The van der Waals surface area contributed by atoms with Gasteiger partial charge < -0.3 is 16.2 Å². The lowest BCUT2D eigenvalue weighted by Gasteiger charge is -2.37. The number of carbonyl (C=O) groups is 2. The second kappa shape index (κ2) is 9.03. The van der Waals surface area contributed by atoms with Crippen LogP contribution in [0.2, 0.25) is 0 Å². The first-order valence-corrected chi connectivity index (χ1v) is 8.20. The predicted molar refractivity (Wildman–Crippen MR) is 82.8 cm³/mol. The van der Waals surface area contributed by atoms with E-state index in [1.807, 2.05) is 0 Å². The molecule has 1 aliphatic carbocycles. The molecule has 0 aliphatic heterocycles. The third kappa shape index (κ3) is 6.04. The van der Waals surface area contributed by atoms with E-state index in [2.05, 4.69) is 12.2 Å². The Bertz CT molecular complexity index is 336. The highest BCUT2D eigenvalue weighted by Gasteiger charge is 2.39. The molecule has 1 fully saturated rings. The molecule has 0 aromatic rings. The van der Waals surface area contributed by atoms with Gasteiger partial charge in [-0.1, -0.05) is 19.8 Å². The summed E-state index contributed by atoms with van der Waals surface area (Å²) in [6.45, 7) is 3.34. The van der Waals surface area contributed by atoms with Crippen LogP contribution in [0, 0.1) is 11.3 Å². The van der Waals surface area contributed by atoms with Gasteiger partial charge in [0.05, 0.1) is 5.41 Å². The lowest BCUT2D eigenvalue weighted by molar-refractivity contribution is -0.137. The van der Waals surface area contributed by atoms with E-state index in [0.717, 1.165) is 44.9 Å². The summed E-state index contributed by atoms with van der Waals surface area (Å²) < 4.78 is 0. The molecule has 0 aromatic carbocycles. The molecular formula is C16H30N2O3. The van der Waals surface area contributed by atoms with E-state index in [1.54, 1.807) is 0 Å². The van der Waals surface area contributed by atoms with Crippen molar-refractivity contribution in [2.45, 2.75) is 64.7 Å². The van der Waals surface area contributed by atoms with Crippen LogP contribution in [-0.4, -0.2) is 30.1 Å². The summed E-state index contributed by atoms with van der Waals surface area (Å²) in [5, 5.41) is 11.6. The third-order valence-corrected chi connectivity index (χ3v) is 4.71. The number of amides is 1. The standard InChI is InChI=1S/C16H30N2O3/c1-13-7-9-16(12-17,10-8-13)15(21)18-11-5-3-2-4-6-14(19)20/h13H,2-12,17H2,1H3,(H,18,21)(H,19,20). The number of hydrogen-bond donors (Lipinski definition) is 3. The largest absolute Gasteiger partial charge is 0.481 e. The van der Waals surface area contributed by atoms with Crippen molar-refractivity contribution < 1.29 is 14.7 Å². The average Bonchev–Trinajstić information content (AvgIpc) is 2.47. The SMILES string of the molecule is CC1CCC(CN)(C(=O)NCCCCCCC(=O)O)CC1. The fraction of sp³-hybridized carbons (Fsp3) is 0.875. The first kappa shape index (κ1) is 18.0. The minimum Gasteiger partial charge on any atom is -0.481 e.